The number of amides is 1. The summed E-state index contributed by atoms with van der Waals surface area (Å²) >= 11 is 3.05. The lowest BCUT2D eigenvalue weighted by molar-refractivity contribution is -0.143. The molecule has 0 aliphatic carbocycles. The minimum absolute atomic E-state index is 0.243. The number of hydrogen-bond acceptors (Lipinski definition) is 4. The molecule has 1 rings (SSSR count). The summed E-state index contributed by atoms with van der Waals surface area (Å²) in [5.41, 5.74) is 0. The first-order valence-electron chi connectivity index (χ1n) is 5.15. The van der Waals surface area contributed by atoms with Crippen molar-refractivity contribution in [2.75, 3.05) is 13.2 Å². The Morgan fingerprint density at radius 3 is 2.68 bits per heavy atom. The van der Waals surface area contributed by atoms with E-state index >= 15 is 0 Å². The highest BCUT2D eigenvalue weighted by Gasteiger charge is 2.18. The Balaban J connectivity index is 2.52. The van der Waals surface area contributed by atoms with Crippen molar-refractivity contribution in [2.24, 2.45) is 0 Å². The minimum atomic E-state index is -1.38. The number of ether oxygens (including phenoxy) is 1. The van der Waals surface area contributed by atoms with Gasteiger partial charge in [-0.15, -0.1) is 0 Å². The topological polar surface area (TPSA) is 95.9 Å². The fourth-order valence-corrected chi connectivity index (χ4v) is 1.62. The Bertz CT molecular complexity index is 482. The number of halogens is 2. The Labute approximate surface area is 116 Å². The number of rotatable bonds is 6. The number of nitrogens with one attached hydrogen (secondary N) is 1. The van der Waals surface area contributed by atoms with Gasteiger partial charge in [-0.05, 0) is 34.1 Å². The van der Waals surface area contributed by atoms with E-state index in [-0.39, 0.29) is 5.75 Å². The zero-order chi connectivity index (χ0) is 14.4. The van der Waals surface area contributed by atoms with Crippen molar-refractivity contribution in [3.8, 4) is 5.75 Å². The van der Waals surface area contributed by atoms with Gasteiger partial charge in [-0.2, -0.15) is 0 Å². The van der Waals surface area contributed by atoms with Gasteiger partial charge in [0.2, 0.25) is 0 Å². The number of aliphatic hydroxyl groups is 1. The van der Waals surface area contributed by atoms with Gasteiger partial charge in [-0.25, -0.2) is 9.18 Å². The SMILES string of the molecule is O=C(COc1ccc(F)cc1Br)NC(CO)C(=O)O. The van der Waals surface area contributed by atoms with Crippen LogP contribution in [0.4, 0.5) is 4.39 Å². The average Bonchev–Trinajstić information content (AvgIpc) is 2.34. The van der Waals surface area contributed by atoms with Crippen LogP contribution in [0.5, 0.6) is 5.75 Å². The number of aliphatic hydroxyl groups excluding tert-OH is 1. The van der Waals surface area contributed by atoms with Gasteiger partial charge in [-0.1, -0.05) is 0 Å². The number of carboxylic acid groups (broad SMARTS) is 1. The van der Waals surface area contributed by atoms with Crippen LogP contribution in [0.15, 0.2) is 22.7 Å². The molecule has 0 radical (unpaired) electrons. The summed E-state index contributed by atoms with van der Waals surface area (Å²) in [7, 11) is 0. The lowest BCUT2D eigenvalue weighted by Gasteiger charge is -2.12. The van der Waals surface area contributed by atoms with E-state index in [0.717, 1.165) is 6.07 Å². The standard InChI is InChI=1S/C11H11BrFNO5/c12-7-3-6(13)1-2-9(7)19-5-10(16)14-8(4-15)11(17)18/h1-3,8,15H,4-5H2,(H,14,16)(H,17,18). The molecule has 8 heteroatoms. The molecule has 1 amide bonds. The van der Waals surface area contributed by atoms with E-state index in [2.05, 4.69) is 21.2 Å². The second kappa shape index (κ2) is 7.05. The van der Waals surface area contributed by atoms with Gasteiger partial charge in [0.05, 0.1) is 11.1 Å². The Morgan fingerprint density at radius 1 is 1.47 bits per heavy atom. The van der Waals surface area contributed by atoms with Crippen LogP contribution in [0.25, 0.3) is 0 Å². The largest absolute Gasteiger partial charge is 0.483 e. The second-order valence-electron chi connectivity index (χ2n) is 3.50. The Hall–Kier alpha value is -1.67. The molecule has 0 heterocycles. The average molecular weight is 336 g/mol. The number of aliphatic carboxylic acids is 1. The van der Waals surface area contributed by atoms with E-state index in [9.17, 15) is 14.0 Å². The first-order chi connectivity index (χ1) is 8.93. The van der Waals surface area contributed by atoms with Gasteiger partial charge < -0.3 is 20.3 Å². The van der Waals surface area contributed by atoms with E-state index in [4.69, 9.17) is 14.9 Å². The van der Waals surface area contributed by atoms with E-state index in [1.165, 1.54) is 12.1 Å². The van der Waals surface area contributed by atoms with Crippen molar-refractivity contribution in [3.05, 3.63) is 28.5 Å². The zero-order valence-corrected chi connectivity index (χ0v) is 11.2. The monoisotopic (exact) mass is 335 g/mol. The van der Waals surface area contributed by atoms with E-state index in [1.807, 2.05) is 0 Å². The number of carbonyl (C=O) groups is 2. The van der Waals surface area contributed by atoms with Gasteiger partial charge >= 0.3 is 5.97 Å². The molecule has 3 N–H and O–H groups in total. The van der Waals surface area contributed by atoms with Gasteiger partial charge in [0.15, 0.2) is 6.61 Å². The van der Waals surface area contributed by atoms with E-state index < -0.39 is 36.9 Å². The summed E-state index contributed by atoms with van der Waals surface area (Å²) in [6.07, 6.45) is 0. The molecule has 0 aromatic heterocycles. The molecular formula is C11H11BrFNO5. The normalized spacial score (nSPS) is 11.7. The van der Waals surface area contributed by atoms with Crippen molar-refractivity contribution in [3.63, 3.8) is 0 Å². The van der Waals surface area contributed by atoms with Gasteiger partial charge in [0.25, 0.3) is 5.91 Å². The summed E-state index contributed by atoms with van der Waals surface area (Å²) in [5.74, 6) is -2.28. The molecule has 1 aromatic rings. The molecule has 104 valence electrons. The van der Waals surface area contributed by atoms with Crippen LogP contribution in [0.1, 0.15) is 0 Å². The summed E-state index contributed by atoms with van der Waals surface area (Å²) in [5, 5.41) is 19.4. The summed E-state index contributed by atoms with van der Waals surface area (Å²) in [4.78, 5) is 21.9. The smallest absolute Gasteiger partial charge is 0.328 e. The molecule has 0 fully saturated rings. The lowest BCUT2D eigenvalue weighted by Crippen LogP contribution is -2.45. The quantitative estimate of drug-likeness (QED) is 0.704. The maximum atomic E-state index is 12.8. The number of hydrogen-bond donors (Lipinski definition) is 3. The van der Waals surface area contributed by atoms with Gasteiger partial charge in [-0.3, -0.25) is 4.79 Å². The number of carboxylic acids is 1. The van der Waals surface area contributed by atoms with Crippen LogP contribution >= 0.6 is 15.9 Å². The van der Waals surface area contributed by atoms with Gasteiger partial charge in [0.1, 0.15) is 17.6 Å². The van der Waals surface area contributed by atoms with Crippen molar-refractivity contribution in [1.82, 2.24) is 5.32 Å². The zero-order valence-electron chi connectivity index (χ0n) is 9.60. The van der Waals surface area contributed by atoms with Crippen LogP contribution in [0, 0.1) is 5.82 Å². The number of benzene rings is 1. The van der Waals surface area contributed by atoms with Crippen molar-refractivity contribution in [2.45, 2.75) is 6.04 Å². The summed E-state index contributed by atoms with van der Waals surface area (Å²) in [6.45, 7) is -1.17. The van der Waals surface area contributed by atoms with Crippen molar-refractivity contribution >= 4 is 27.8 Å². The summed E-state index contributed by atoms with van der Waals surface area (Å²) < 4.78 is 18.2. The molecule has 19 heavy (non-hydrogen) atoms. The molecule has 0 saturated carbocycles. The van der Waals surface area contributed by atoms with Crippen LogP contribution in [0.2, 0.25) is 0 Å². The molecule has 1 atom stereocenters. The van der Waals surface area contributed by atoms with Crippen LogP contribution in [-0.4, -0.2) is 41.3 Å². The number of carbonyl (C=O) groups excluding carboxylic acids is 1. The third kappa shape index (κ3) is 4.84. The molecule has 0 aliphatic heterocycles. The minimum Gasteiger partial charge on any atom is -0.483 e. The van der Waals surface area contributed by atoms with Crippen LogP contribution in [-0.2, 0) is 9.59 Å². The fourth-order valence-electron chi connectivity index (χ4n) is 1.16. The Morgan fingerprint density at radius 2 is 2.16 bits per heavy atom. The van der Waals surface area contributed by atoms with Crippen LogP contribution < -0.4 is 10.1 Å². The molecule has 0 bridgehead atoms. The van der Waals surface area contributed by atoms with Gasteiger partial charge in [0, 0.05) is 0 Å². The second-order valence-corrected chi connectivity index (χ2v) is 4.36. The Kier molecular flexibility index (Phi) is 5.71. The van der Waals surface area contributed by atoms with E-state index in [1.54, 1.807) is 0 Å². The first kappa shape index (κ1) is 15.4. The molecule has 1 unspecified atom stereocenters. The summed E-state index contributed by atoms with van der Waals surface area (Å²) in [6, 6.07) is 2.27. The fraction of sp³-hybridized carbons (Fsp3) is 0.273. The molecular weight excluding hydrogens is 325 g/mol. The predicted molar refractivity (Wildman–Crippen MR) is 66.2 cm³/mol. The molecule has 0 aliphatic rings. The highest BCUT2D eigenvalue weighted by molar-refractivity contribution is 9.10. The van der Waals surface area contributed by atoms with E-state index in [0.29, 0.717) is 4.47 Å². The molecule has 0 saturated heterocycles. The maximum Gasteiger partial charge on any atom is 0.328 e. The molecule has 6 nitrogen and oxygen atoms in total. The van der Waals surface area contributed by atoms with Crippen LogP contribution in [0.3, 0.4) is 0 Å². The lowest BCUT2D eigenvalue weighted by atomic mass is 10.3. The van der Waals surface area contributed by atoms with Crippen molar-refractivity contribution < 1.29 is 28.9 Å². The van der Waals surface area contributed by atoms with Crippen molar-refractivity contribution in [1.29, 1.82) is 0 Å². The third-order valence-electron chi connectivity index (χ3n) is 2.07. The highest BCUT2D eigenvalue weighted by atomic mass is 79.9. The maximum absolute atomic E-state index is 12.8. The third-order valence-corrected chi connectivity index (χ3v) is 2.69. The molecule has 1 aromatic carbocycles. The highest BCUT2D eigenvalue weighted by Crippen LogP contribution is 2.25. The predicted octanol–water partition coefficient (Wildman–Crippen LogP) is 0.529. The first-order valence-corrected chi connectivity index (χ1v) is 5.94. The molecule has 0 spiro atoms.